The van der Waals surface area contributed by atoms with Crippen LogP contribution >= 0.6 is 11.6 Å². The minimum absolute atomic E-state index is 0.0481. The Labute approximate surface area is 221 Å². The van der Waals surface area contributed by atoms with Crippen LogP contribution < -0.4 is 10.2 Å². The van der Waals surface area contributed by atoms with E-state index in [-0.39, 0.29) is 17.9 Å². The van der Waals surface area contributed by atoms with Crippen molar-refractivity contribution in [3.63, 3.8) is 0 Å². The summed E-state index contributed by atoms with van der Waals surface area (Å²) in [5.74, 6) is 0.211. The van der Waals surface area contributed by atoms with Gasteiger partial charge in [0.2, 0.25) is 0 Å². The first-order valence-electron chi connectivity index (χ1n) is 12.8. The largest absolute Gasteiger partial charge is 0.346 e. The minimum atomic E-state index is -0.275. The molecule has 0 bridgehead atoms. The number of nitrogens with two attached hydrogens (primary N) is 1. The van der Waals surface area contributed by atoms with E-state index in [0.717, 1.165) is 34.1 Å². The summed E-state index contributed by atoms with van der Waals surface area (Å²) in [5, 5.41) is 0.546. The van der Waals surface area contributed by atoms with Gasteiger partial charge in [-0.25, -0.2) is 0 Å². The molecule has 1 fully saturated rings. The Kier molecular flexibility index (Phi) is 7.40. The van der Waals surface area contributed by atoms with Gasteiger partial charge in [0.05, 0.1) is 16.9 Å². The molecular formula is C30H32ClN4O2+. The predicted molar refractivity (Wildman–Crippen MR) is 147 cm³/mol. The van der Waals surface area contributed by atoms with Gasteiger partial charge < -0.3 is 15.6 Å². The topological polar surface area (TPSA) is 85.1 Å². The van der Waals surface area contributed by atoms with E-state index in [1.807, 2.05) is 66.4 Å². The van der Waals surface area contributed by atoms with Gasteiger partial charge in [-0.15, -0.1) is 0 Å². The van der Waals surface area contributed by atoms with Crippen LogP contribution in [0.25, 0.3) is 11.0 Å². The molecule has 1 heterocycles. The van der Waals surface area contributed by atoms with Crippen LogP contribution in [0.5, 0.6) is 0 Å². The van der Waals surface area contributed by atoms with Crippen molar-refractivity contribution >= 4 is 28.5 Å². The first-order chi connectivity index (χ1) is 18.0. The van der Waals surface area contributed by atoms with Gasteiger partial charge in [0.1, 0.15) is 11.2 Å². The summed E-state index contributed by atoms with van der Waals surface area (Å²) in [6.45, 7) is 2.99. The van der Waals surface area contributed by atoms with E-state index in [1.54, 1.807) is 18.2 Å². The van der Waals surface area contributed by atoms with E-state index in [1.165, 1.54) is 0 Å². The molecule has 3 N–H and O–H groups in total. The number of fused-ring (bicyclic) bond motifs is 1. The zero-order valence-electron chi connectivity index (χ0n) is 21.0. The second kappa shape index (κ2) is 10.9. The molecule has 0 aliphatic heterocycles. The van der Waals surface area contributed by atoms with Crippen LogP contribution in [0.1, 0.15) is 58.2 Å². The molecular weight excluding hydrogens is 484 g/mol. The van der Waals surface area contributed by atoms with Crippen molar-refractivity contribution < 1.29 is 9.22 Å². The van der Waals surface area contributed by atoms with Crippen molar-refractivity contribution in [2.24, 2.45) is 11.7 Å². The molecule has 0 spiro atoms. The highest BCUT2D eigenvalue weighted by molar-refractivity contribution is 6.31. The van der Waals surface area contributed by atoms with Crippen LogP contribution in [0.3, 0.4) is 0 Å². The Balaban J connectivity index is 1.68. The first kappa shape index (κ1) is 25.2. The van der Waals surface area contributed by atoms with Gasteiger partial charge in [-0.05, 0) is 68.5 Å². The number of H-pyrrole nitrogens is 1. The van der Waals surface area contributed by atoms with Gasteiger partial charge in [0.15, 0.2) is 0 Å². The van der Waals surface area contributed by atoms with Crippen molar-refractivity contribution in [2.75, 3.05) is 13.1 Å². The highest BCUT2D eigenvalue weighted by atomic mass is 35.5. The zero-order valence-corrected chi connectivity index (χ0v) is 21.7. The molecule has 0 radical (unpaired) electrons. The van der Waals surface area contributed by atoms with Crippen molar-refractivity contribution in [2.45, 2.75) is 38.6 Å². The maximum atomic E-state index is 13.9. The van der Waals surface area contributed by atoms with Gasteiger partial charge in [-0.3, -0.25) is 4.79 Å². The Morgan fingerprint density at radius 3 is 2.51 bits per heavy atom. The fourth-order valence-electron chi connectivity index (χ4n) is 5.01. The lowest BCUT2D eigenvalue weighted by Crippen LogP contribution is -2.40. The van der Waals surface area contributed by atoms with E-state index >= 15 is 0 Å². The van der Waals surface area contributed by atoms with Gasteiger partial charge in [0.25, 0.3) is 17.1 Å². The fourth-order valence-corrected chi connectivity index (χ4v) is 5.18. The molecule has 6 nitrogen and oxygen atoms in total. The number of rotatable bonds is 9. The number of aryl methyl sites for hydroxylation is 1. The van der Waals surface area contributed by atoms with Crippen molar-refractivity contribution in [3.05, 3.63) is 111 Å². The summed E-state index contributed by atoms with van der Waals surface area (Å²) in [4.78, 5) is 33.3. The highest BCUT2D eigenvalue weighted by Gasteiger charge is 2.43. The lowest BCUT2D eigenvalue weighted by atomic mass is 9.98. The Morgan fingerprint density at radius 2 is 1.84 bits per heavy atom. The molecule has 1 atom stereocenters. The number of carbonyl (C=O) groups is 1. The SMILES string of the molecule is Cc1ccc(C(=O)N(CCCN)C(c2[nH]c3cc(Cl)ccc3[n+](=O)c2Cc2ccccc2)C2CC2)cc1. The third-order valence-corrected chi connectivity index (χ3v) is 7.31. The molecule has 1 aliphatic rings. The Morgan fingerprint density at radius 1 is 1.11 bits per heavy atom. The number of aromatic amines is 1. The number of benzene rings is 3. The van der Waals surface area contributed by atoms with Gasteiger partial charge >= 0.3 is 0 Å². The molecule has 1 amide bonds. The molecule has 1 aromatic heterocycles. The summed E-state index contributed by atoms with van der Waals surface area (Å²) in [6.07, 6.45) is 3.11. The summed E-state index contributed by atoms with van der Waals surface area (Å²) in [6, 6.07) is 22.6. The number of aromatic nitrogens is 2. The van der Waals surface area contributed by atoms with E-state index < -0.39 is 0 Å². The smallest absolute Gasteiger partial charge is 0.286 e. The average Bonchev–Trinajstić information content (AvgIpc) is 3.74. The minimum Gasteiger partial charge on any atom is -0.346 e. The monoisotopic (exact) mass is 515 g/mol. The van der Waals surface area contributed by atoms with Crippen molar-refractivity contribution in [1.82, 2.24) is 9.88 Å². The molecule has 1 unspecified atom stereocenters. The van der Waals surface area contributed by atoms with E-state index in [0.29, 0.717) is 53.2 Å². The second-order valence-electron chi connectivity index (χ2n) is 9.89. The number of halogens is 1. The number of nitrogens with zero attached hydrogens (tertiary/aromatic N) is 2. The van der Waals surface area contributed by atoms with Crippen LogP contribution in [0.15, 0.2) is 72.8 Å². The van der Waals surface area contributed by atoms with Gasteiger partial charge in [-0.2, -0.15) is 0 Å². The van der Waals surface area contributed by atoms with Crippen molar-refractivity contribution in [1.29, 1.82) is 0 Å². The summed E-state index contributed by atoms with van der Waals surface area (Å²) < 4.78 is 1.01. The van der Waals surface area contributed by atoms with Gasteiger partial charge in [0, 0.05) is 28.1 Å². The Hall–Kier alpha value is -3.48. The normalized spacial score (nSPS) is 14.0. The Bertz CT molecular complexity index is 1460. The average molecular weight is 516 g/mol. The molecule has 3 aromatic carbocycles. The molecule has 190 valence electrons. The van der Waals surface area contributed by atoms with Crippen LogP contribution in [-0.4, -0.2) is 28.9 Å². The molecule has 1 saturated carbocycles. The summed E-state index contributed by atoms with van der Waals surface area (Å²) in [7, 11) is 0. The third kappa shape index (κ3) is 5.45. The zero-order chi connectivity index (χ0) is 25.9. The fraction of sp³-hybridized carbons (Fsp3) is 0.300. The molecule has 4 aromatic rings. The molecule has 5 rings (SSSR count). The number of amides is 1. The maximum absolute atomic E-state index is 13.9. The number of hydrogen-bond acceptors (Lipinski definition) is 3. The number of nitrogens with one attached hydrogen (secondary N) is 1. The molecule has 0 saturated heterocycles. The molecule has 37 heavy (non-hydrogen) atoms. The van der Waals surface area contributed by atoms with E-state index in [4.69, 9.17) is 17.3 Å². The quantitative estimate of drug-likeness (QED) is 0.285. The standard InChI is InChI=1S/C30H32ClN4O2/c1-20-8-10-23(11-9-20)30(36)34(17-5-16-32)29(22-12-13-22)28-27(18-21-6-3-2-4-7-21)35(37)26-15-14-24(31)19-25(26)33-28/h2-4,6-11,14-15,19,22,29H,5,12-13,16-18,32H2,1H3,(H,33,37)/q+1. The lowest BCUT2D eigenvalue weighted by Gasteiger charge is -2.32. The highest BCUT2D eigenvalue weighted by Crippen LogP contribution is 2.45. The lowest BCUT2D eigenvalue weighted by molar-refractivity contribution is -0.475. The number of carbonyl (C=O) groups excluding carboxylic acids is 1. The van der Waals surface area contributed by atoms with E-state index in [9.17, 15) is 9.70 Å². The second-order valence-corrected chi connectivity index (χ2v) is 10.3. The van der Waals surface area contributed by atoms with Crippen LogP contribution in [0, 0.1) is 17.7 Å². The first-order valence-corrected chi connectivity index (χ1v) is 13.2. The maximum Gasteiger partial charge on any atom is 0.286 e. The summed E-state index contributed by atoms with van der Waals surface area (Å²) >= 11 is 6.31. The number of hydrogen-bond donors (Lipinski definition) is 2. The van der Waals surface area contributed by atoms with Crippen LogP contribution in [-0.2, 0) is 6.42 Å². The van der Waals surface area contributed by atoms with Crippen LogP contribution in [0.2, 0.25) is 5.02 Å². The molecule has 7 heteroatoms. The molecule has 1 aliphatic carbocycles. The van der Waals surface area contributed by atoms with E-state index in [2.05, 4.69) is 4.98 Å². The third-order valence-electron chi connectivity index (χ3n) is 7.08. The van der Waals surface area contributed by atoms with Crippen LogP contribution in [0.4, 0.5) is 0 Å². The predicted octanol–water partition coefficient (Wildman–Crippen LogP) is 5.58. The van der Waals surface area contributed by atoms with Crippen molar-refractivity contribution in [3.8, 4) is 0 Å². The summed E-state index contributed by atoms with van der Waals surface area (Å²) in [5.41, 5.74) is 11.2. The van der Waals surface area contributed by atoms with Gasteiger partial charge in [-0.1, -0.05) is 59.6 Å².